The molecular weight excluding hydrogens is 586 g/mol. The summed E-state index contributed by atoms with van der Waals surface area (Å²) in [7, 11) is -4.13. The number of sulfonamides is 1. The Morgan fingerprint density at radius 2 is 1.93 bits per heavy atom. The minimum Gasteiger partial charge on any atom is -0.366 e. The van der Waals surface area contributed by atoms with Crippen LogP contribution in [0.3, 0.4) is 0 Å². The van der Waals surface area contributed by atoms with Gasteiger partial charge in [0.05, 0.1) is 34.1 Å². The highest BCUT2D eigenvalue weighted by molar-refractivity contribution is 8.26. The summed E-state index contributed by atoms with van der Waals surface area (Å²) >= 11 is 0.924. The number of anilines is 1. The fraction of sp³-hybridized carbons (Fsp3) is 0.593. The van der Waals surface area contributed by atoms with E-state index >= 15 is 0 Å². The van der Waals surface area contributed by atoms with Crippen LogP contribution < -0.4 is 9.62 Å². The van der Waals surface area contributed by atoms with Gasteiger partial charge in [-0.25, -0.2) is 26.9 Å². The van der Waals surface area contributed by atoms with Crippen molar-refractivity contribution in [2.24, 2.45) is 5.92 Å². The van der Waals surface area contributed by atoms with Crippen LogP contribution in [0, 0.1) is 28.1 Å². The first-order chi connectivity index (χ1) is 20.1. The molecule has 3 fully saturated rings. The Balaban J connectivity index is 1.41. The number of nitriles is 1. The summed E-state index contributed by atoms with van der Waals surface area (Å²) in [6, 6.07) is 3.59. The average molecular weight is 621 g/mol. The molecule has 1 amide bonds. The van der Waals surface area contributed by atoms with Gasteiger partial charge in [0.25, 0.3) is 0 Å². The Bertz CT molecular complexity index is 1520. The largest absolute Gasteiger partial charge is 0.366 e. The maximum absolute atomic E-state index is 13.6. The molecule has 2 aromatic rings. The molecule has 0 unspecified atom stereocenters. The third-order valence-electron chi connectivity index (χ3n) is 8.10. The number of fused-ring (bicyclic) bond motifs is 1. The molecule has 0 spiro atoms. The summed E-state index contributed by atoms with van der Waals surface area (Å²) in [5.41, 5.74) is 0.00675. The fourth-order valence-electron chi connectivity index (χ4n) is 5.27. The first-order valence-corrected chi connectivity index (χ1v) is 16.4. The van der Waals surface area contributed by atoms with E-state index in [0.29, 0.717) is 75.9 Å². The number of alkyl halides is 2. The van der Waals surface area contributed by atoms with E-state index < -0.39 is 28.4 Å². The van der Waals surface area contributed by atoms with Crippen LogP contribution in [0.25, 0.3) is 5.52 Å². The van der Waals surface area contributed by atoms with Gasteiger partial charge in [-0.3, -0.25) is 20.0 Å². The SMILES string of the molecule is N#CCCCCC(=N)SC(=N)c1ncc2c(N3CCN(C(=O)C4CC(F)C4)CC3)cc(S(=O)(=O)NC3(CF)CC3)cn12. The summed E-state index contributed by atoms with van der Waals surface area (Å²) in [4.78, 5) is 20.7. The average Bonchev–Trinajstić information content (AvgIpc) is 3.58. The summed E-state index contributed by atoms with van der Waals surface area (Å²) in [5, 5.41) is 25.8. The lowest BCUT2D eigenvalue weighted by Crippen LogP contribution is -2.52. The zero-order chi connectivity index (χ0) is 30.1. The van der Waals surface area contributed by atoms with Crippen molar-refractivity contribution in [3.63, 3.8) is 0 Å². The van der Waals surface area contributed by atoms with Gasteiger partial charge in [0.2, 0.25) is 15.9 Å². The quantitative estimate of drug-likeness (QED) is 0.197. The van der Waals surface area contributed by atoms with Gasteiger partial charge >= 0.3 is 0 Å². The second-order valence-corrected chi connectivity index (χ2v) is 14.0. The number of carbonyl (C=O) groups is 1. The lowest BCUT2D eigenvalue weighted by molar-refractivity contribution is -0.140. The van der Waals surface area contributed by atoms with E-state index in [1.807, 2.05) is 4.90 Å². The first kappa shape index (κ1) is 30.4. The number of nitrogens with zero attached hydrogens (tertiary/aromatic N) is 5. The number of hydrogen-bond donors (Lipinski definition) is 3. The highest BCUT2D eigenvalue weighted by atomic mass is 32.2. The minimum absolute atomic E-state index is 0.0294. The van der Waals surface area contributed by atoms with Crippen molar-refractivity contribution in [1.29, 1.82) is 16.1 Å². The van der Waals surface area contributed by atoms with Gasteiger partial charge in [0.1, 0.15) is 22.8 Å². The maximum Gasteiger partial charge on any atom is 0.242 e. The lowest BCUT2D eigenvalue weighted by atomic mass is 9.82. The summed E-state index contributed by atoms with van der Waals surface area (Å²) in [5.74, 6) is -0.169. The number of halogens is 2. The van der Waals surface area contributed by atoms with E-state index in [1.54, 1.807) is 11.1 Å². The predicted octanol–water partition coefficient (Wildman–Crippen LogP) is 3.63. The van der Waals surface area contributed by atoms with Gasteiger partial charge in [0.15, 0.2) is 5.82 Å². The summed E-state index contributed by atoms with van der Waals surface area (Å²) in [6.45, 7) is 0.815. The maximum atomic E-state index is 13.6. The normalized spacial score (nSPS) is 21.5. The molecule has 0 aromatic carbocycles. The molecule has 2 aromatic heterocycles. The molecule has 11 nitrogen and oxygen atoms in total. The number of nitrogens with one attached hydrogen (secondary N) is 3. The zero-order valence-corrected chi connectivity index (χ0v) is 24.7. The highest BCUT2D eigenvalue weighted by Gasteiger charge is 2.46. The molecule has 42 heavy (non-hydrogen) atoms. The lowest BCUT2D eigenvalue weighted by Gasteiger charge is -2.40. The van der Waals surface area contributed by atoms with Crippen molar-refractivity contribution in [1.82, 2.24) is 19.0 Å². The fourth-order valence-corrected chi connectivity index (χ4v) is 7.46. The molecule has 1 saturated heterocycles. The van der Waals surface area contributed by atoms with Crippen LogP contribution in [0.4, 0.5) is 14.5 Å². The number of imidazole rings is 1. The van der Waals surface area contributed by atoms with Crippen molar-refractivity contribution < 1.29 is 22.0 Å². The Morgan fingerprint density at radius 1 is 1.21 bits per heavy atom. The van der Waals surface area contributed by atoms with Crippen LogP contribution in [-0.4, -0.2) is 83.3 Å². The number of pyridine rings is 1. The molecule has 226 valence electrons. The molecule has 0 bridgehead atoms. The van der Waals surface area contributed by atoms with Crippen LogP contribution in [0.5, 0.6) is 0 Å². The Labute approximate surface area is 247 Å². The van der Waals surface area contributed by atoms with Gasteiger partial charge in [-0.1, -0.05) is 11.8 Å². The summed E-state index contributed by atoms with van der Waals surface area (Å²) in [6.07, 6.45) is 5.45. The Hall–Kier alpha value is -3.09. The molecule has 2 aliphatic carbocycles. The minimum atomic E-state index is -4.13. The predicted molar refractivity (Wildman–Crippen MR) is 156 cm³/mol. The molecule has 3 aliphatic rings. The second-order valence-electron chi connectivity index (χ2n) is 11.2. The number of thioether (sulfide) groups is 1. The van der Waals surface area contributed by atoms with Crippen LogP contribution in [-0.2, 0) is 14.8 Å². The van der Waals surface area contributed by atoms with Crippen molar-refractivity contribution in [3.05, 3.63) is 24.3 Å². The van der Waals surface area contributed by atoms with Crippen molar-refractivity contribution in [3.8, 4) is 6.07 Å². The molecule has 2 saturated carbocycles. The van der Waals surface area contributed by atoms with E-state index in [4.69, 9.17) is 16.1 Å². The molecule has 1 aliphatic heterocycles. The molecular formula is C27H34F2N8O3S2. The highest BCUT2D eigenvalue weighted by Crippen LogP contribution is 2.38. The molecule has 3 heterocycles. The number of amides is 1. The van der Waals surface area contributed by atoms with Crippen molar-refractivity contribution in [2.75, 3.05) is 37.8 Å². The van der Waals surface area contributed by atoms with Gasteiger partial charge in [0, 0.05) is 44.7 Å². The molecule has 0 atom stereocenters. The summed E-state index contributed by atoms with van der Waals surface area (Å²) < 4.78 is 57.8. The molecule has 0 radical (unpaired) electrons. The third-order valence-corrected chi connectivity index (χ3v) is 10.5. The van der Waals surface area contributed by atoms with Gasteiger partial charge in [-0.2, -0.15) is 5.26 Å². The van der Waals surface area contributed by atoms with Crippen molar-refractivity contribution >= 4 is 49.0 Å². The van der Waals surface area contributed by atoms with E-state index in [0.717, 1.165) is 11.8 Å². The molecule has 5 rings (SSSR count). The Kier molecular flexibility index (Phi) is 8.86. The smallest absolute Gasteiger partial charge is 0.242 e. The number of hydrogen-bond acceptors (Lipinski definition) is 9. The number of carbonyl (C=O) groups excluding carboxylic acids is 1. The number of piperazine rings is 1. The topological polar surface area (TPSA) is 159 Å². The first-order valence-electron chi connectivity index (χ1n) is 14.1. The Morgan fingerprint density at radius 3 is 2.55 bits per heavy atom. The molecule has 3 N–H and O–H groups in total. The monoisotopic (exact) mass is 620 g/mol. The van der Waals surface area contributed by atoms with Crippen LogP contribution >= 0.6 is 11.8 Å². The number of aromatic nitrogens is 2. The van der Waals surface area contributed by atoms with Gasteiger partial charge in [-0.05, 0) is 51.0 Å². The third kappa shape index (κ3) is 6.45. The van der Waals surface area contributed by atoms with Crippen LogP contribution in [0.1, 0.15) is 57.2 Å². The zero-order valence-electron chi connectivity index (χ0n) is 23.1. The molecule has 15 heteroatoms. The standard InChI is InChI=1S/C27H34F2N8O3S2/c28-17-27(5-6-27)34-42(39,40)20-14-21(35-8-10-36(11-9-35)26(38)18-12-19(29)13-18)22-15-33-25(37(22)16-20)24(32)41-23(31)4-2-1-3-7-30/h14-16,18-19,31-32,34H,1-6,8-13,17H2. The van der Waals surface area contributed by atoms with Gasteiger partial charge in [-0.15, -0.1) is 0 Å². The van der Waals surface area contributed by atoms with E-state index in [2.05, 4.69) is 15.8 Å². The van der Waals surface area contributed by atoms with E-state index in [9.17, 15) is 22.0 Å². The van der Waals surface area contributed by atoms with E-state index in [1.165, 1.54) is 16.7 Å². The van der Waals surface area contributed by atoms with Crippen LogP contribution in [0.15, 0.2) is 23.4 Å². The van der Waals surface area contributed by atoms with Gasteiger partial charge < -0.3 is 9.80 Å². The second kappa shape index (κ2) is 12.3. The number of rotatable bonds is 11. The number of unbranched alkanes of at least 4 members (excludes halogenated alkanes) is 2. The van der Waals surface area contributed by atoms with Crippen LogP contribution in [0.2, 0.25) is 0 Å². The van der Waals surface area contributed by atoms with Crippen molar-refractivity contribution in [2.45, 2.75) is 68.0 Å². The van der Waals surface area contributed by atoms with E-state index in [-0.39, 0.29) is 45.5 Å².